The quantitative estimate of drug-likeness (QED) is 0.174. The molecule has 250 valence electrons. The van der Waals surface area contributed by atoms with Crippen LogP contribution in [0.2, 0.25) is 0 Å². The normalized spacial score (nSPS) is 11.0. The van der Waals surface area contributed by atoms with E-state index in [1.54, 1.807) is 12.5 Å². The Kier molecular flexibility index (Phi) is 8.53. The first kappa shape index (κ1) is 31.8. The van der Waals surface area contributed by atoms with Crippen molar-refractivity contribution in [1.82, 2.24) is 19.9 Å². The fourth-order valence-electron chi connectivity index (χ4n) is 6.83. The van der Waals surface area contributed by atoms with Crippen molar-refractivity contribution in [1.29, 1.82) is 0 Å². The van der Waals surface area contributed by atoms with Gasteiger partial charge in [0, 0.05) is 11.1 Å². The number of imidazole rings is 1. The Bertz CT molecular complexity index is 2530. The third-order valence-electron chi connectivity index (χ3n) is 9.59. The van der Waals surface area contributed by atoms with Gasteiger partial charge in [-0.1, -0.05) is 152 Å². The largest absolute Gasteiger partial charge is 0.342 e. The van der Waals surface area contributed by atoms with Crippen molar-refractivity contribution in [3.8, 4) is 89.7 Å². The second-order valence-electron chi connectivity index (χ2n) is 13.1. The highest BCUT2D eigenvalue weighted by Gasteiger charge is 2.15. The molecule has 53 heavy (non-hydrogen) atoms. The summed E-state index contributed by atoms with van der Waals surface area (Å²) in [5.74, 6) is 0.589. The number of aromatic nitrogens is 4. The molecule has 0 atom stereocenters. The van der Waals surface area contributed by atoms with E-state index in [1.165, 1.54) is 27.8 Å². The van der Waals surface area contributed by atoms with E-state index in [0.717, 1.165) is 56.0 Å². The maximum Gasteiger partial charge on any atom is 0.178 e. The van der Waals surface area contributed by atoms with Crippen LogP contribution in [-0.4, -0.2) is 19.9 Å². The van der Waals surface area contributed by atoms with Gasteiger partial charge in [-0.15, -0.1) is 0 Å². The van der Waals surface area contributed by atoms with Gasteiger partial charge < -0.3 is 4.98 Å². The van der Waals surface area contributed by atoms with E-state index in [4.69, 9.17) is 9.97 Å². The first-order valence-corrected chi connectivity index (χ1v) is 17.7. The van der Waals surface area contributed by atoms with Crippen LogP contribution in [0.15, 0.2) is 201 Å². The van der Waals surface area contributed by atoms with Crippen molar-refractivity contribution in [3.63, 3.8) is 0 Å². The van der Waals surface area contributed by atoms with Gasteiger partial charge in [0.25, 0.3) is 0 Å². The van der Waals surface area contributed by atoms with Gasteiger partial charge in [-0.3, -0.25) is 0 Å². The molecule has 1 N–H and O–H groups in total. The average Bonchev–Trinajstić information content (AvgIpc) is 3.80. The molecule has 7 aromatic carbocycles. The molecule has 0 spiro atoms. The molecule has 9 aromatic rings. The molecule has 0 amide bonds. The van der Waals surface area contributed by atoms with Crippen LogP contribution in [0, 0.1) is 0 Å². The average molecular weight is 679 g/mol. The first-order valence-electron chi connectivity index (χ1n) is 17.7. The number of hydrogen-bond donors (Lipinski definition) is 1. The highest BCUT2D eigenvalue weighted by molar-refractivity contribution is 5.84. The lowest BCUT2D eigenvalue weighted by Gasteiger charge is -2.14. The van der Waals surface area contributed by atoms with Crippen LogP contribution in [0.4, 0.5) is 0 Å². The van der Waals surface area contributed by atoms with E-state index in [0.29, 0.717) is 5.82 Å². The zero-order valence-electron chi connectivity index (χ0n) is 28.9. The Morgan fingerprint density at radius 1 is 0.302 bits per heavy atom. The van der Waals surface area contributed by atoms with E-state index in [-0.39, 0.29) is 0 Å². The van der Waals surface area contributed by atoms with Crippen molar-refractivity contribution >= 4 is 0 Å². The number of aromatic amines is 1. The highest BCUT2D eigenvalue weighted by Crippen LogP contribution is 2.37. The highest BCUT2D eigenvalue weighted by atomic mass is 15.0. The molecule has 4 heteroatoms. The molecule has 0 bridgehead atoms. The number of nitrogens with one attached hydrogen (secondary N) is 1. The summed E-state index contributed by atoms with van der Waals surface area (Å²) in [4.78, 5) is 17.7. The summed E-state index contributed by atoms with van der Waals surface area (Å²) >= 11 is 0. The van der Waals surface area contributed by atoms with Gasteiger partial charge in [-0.2, -0.15) is 0 Å². The number of rotatable bonds is 8. The summed E-state index contributed by atoms with van der Waals surface area (Å²) in [5.41, 5.74) is 16.0. The first-order chi connectivity index (χ1) is 26.2. The predicted octanol–water partition coefficient (Wildman–Crippen LogP) is 12.5. The zero-order chi connectivity index (χ0) is 35.4. The van der Waals surface area contributed by atoms with Gasteiger partial charge in [0.15, 0.2) is 5.82 Å². The van der Waals surface area contributed by atoms with Crippen LogP contribution < -0.4 is 0 Å². The smallest absolute Gasteiger partial charge is 0.178 e. The van der Waals surface area contributed by atoms with Crippen molar-refractivity contribution in [2.24, 2.45) is 0 Å². The summed E-state index contributed by atoms with van der Waals surface area (Å²) in [6.07, 6.45) is 3.44. The van der Waals surface area contributed by atoms with Gasteiger partial charge in [-0.05, 0) is 92.0 Å². The van der Waals surface area contributed by atoms with Gasteiger partial charge in [0.1, 0.15) is 5.69 Å². The minimum Gasteiger partial charge on any atom is -0.342 e. The maximum absolute atomic E-state index is 5.15. The van der Waals surface area contributed by atoms with Gasteiger partial charge >= 0.3 is 0 Å². The Hall–Kier alpha value is -7.17. The van der Waals surface area contributed by atoms with E-state index >= 15 is 0 Å². The van der Waals surface area contributed by atoms with E-state index in [2.05, 4.69) is 192 Å². The number of nitrogens with zero attached hydrogens (tertiary/aromatic N) is 3. The summed E-state index contributed by atoms with van der Waals surface area (Å²) in [7, 11) is 0. The van der Waals surface area contributed by atoms with Crippen LogP contribution >= 0.6 is 0 Å². The van der Waals surface area contributed by atoms with E-state index in [9.17, 15) is 0 Å². The van der Waals surface area contributed by atoms with Crippen molar-refractivity contribution in [2.75, 3.05) is 0 Å². The molecule has 2 heterocycles. The lowest BCUT2D eigenvalue weighted by atomic mass is 9.92. The minimum absolute atomic E-state index is 0.589. The van der Waals surface area contributed by atoms with Gasteiger partial charge in [-0.25, -0.2) is 15.0 Å². The zero-order valence-corrected chi connectivity index (χ0v) is 28.9. The summed E-state index contributed by atoms with van der Waals surface area (Å²) in [6.45, 7) is 0. The predicted molar refractivity (Wildman–Crippen MR) is 218 cm³/mol. The molecule has 0 aliphatic rings. The molecule has 9 rings (SSSR count). The molecule has 0 unspecified atom stereocenters. The molecule has 0 radical (unpaired) electrons. The third kappa shape index (κ3) is 6.82. The van der Waals surface area contributed by atoms with Crippen LogP contribution in [0.1, 0.15) is 0 Å². The number of benzene rings is 7. The fourth-order valence-corrected chi connectivity index (χ4v) is 6.83. The topological polar surface area (TPSA) is 54.5 Å². The van der Waals surface area contributed by atoms with E-state index < -0.39 is 0 Å². The molecule has 0 saturated heterocycles. The molecule has 0 fully saturated rings. The molecular weight excluding hydrogens is 645 g/mol. The van der Waals surface area contributed by atoms with Crippen molar-refractivity contribution in [3.05, 3.63) is 201 Å². The second-order valence-corrected chi connectivity index (χ2v) is 13.1. The second kappa shape index (κ2) is 14.2. The summed E-state index contributed by atoms with van der Waals surface area (Å²) in [5, 5.41) is 0. The minimum atomic E-state index is 0.589. The molecule has 0 saturated carbocycles. The Morgan fingerprint density at radius 3 is 1.17 bits per heavy atom. The van der Waals surface area contributed by atoms with Crippen molar-refractivity contribution < 1.29 is 0 Å². The lowest BCUT2D eigenvalue weighted by molar-refractivity contribution is 1.16. The monoisotopic (exact) mass is 678 g/mol. The third-order valence-corrected chi connectivity index (χ3v) is 9.59. The Morgan fingerprint density at radius 2 is 0.679 bits per heavy atom. The molecule has 0 aliphatic carbocycles. The van der Waals surface area contributed by atoms with Crippen molar-refractivity contribution in [2.45, 2.75) is 0 Å². The molecular formula is C49H34N4. The van der Waals surface area contributed by atoms with E-state index in [1.807, 2.05) is 6.07 Å². The Labute approximate surface area is 309 Å². The Balaban J connectivity index is 1.21. The molecule has 0 aliphatic heterocycles. The summed E-state index contributed by atoms with van der Waals surface area (Å²) in [6, 6.07) is 66.5. The molecule has 4 nitrogen and oxygen atoms in total. The maximum atomic E-state index is 5.15. The molecule has 2 aromatic heterocycles. The standard InChI is InChI=1S/C49H34N4/c1-4-12-34(13-5-1)37-22-24-38(25-23-37)46-31-47(53-49(52-46)48-32-50-33-51-48)45-29-43(41-20-10-18-39(26-41)35-14-6-2-7-15-35)28-44(30-45)42-21-11-19-40(27-42)36-16-8-3-9-17-36/h1-33H,(H,50,51). The lowest BCUT2D eigenvalue weighted by Crippen LogP contribution is -1.97. The van der Waals surface area contributed by atoms with Crippen LogP contribution in [0.3, 0.4) is 0 Å². The van der Waals surface area contributed by atoms with Gasteiger partial charge in [0.05, 0.1) is 23.9 Å². The number of hydrogen-bond acceptors (Lipinski definition) is 3. The van der Waals surface area contributed by atoms with Crippen LogP contribution in [0.25, 0.3) is 89.7 Å². The number of H-pyrrole nitrogens is 1. The van der Waals surface area contributed by atoms with Gasteiger partial charge in [0.2, 0.25) is 0 Å². The van der Waals surface area contributed by atoms with Crippen LogP contribution in [0.5, 0.6) is 0 Å². The fraction of sp³-hybridized carbons (Fsp3) is 0. The SMILES string of the molecule is c1ccc(-c2ccc(-c3cc(-c4cc(-c5cccc(-c6ccccc6)c5)cc(-c5cccc(-c6ccccc6)c5)c4)nc(-c4cnc[nH]4)n3)cc2)cc1. The van der Waals surface area contributed by atoms with Crippen LogP contribution in [-0.2, 0) is 0 Å². The summed E-state index contributed by atoms with van der Waals surface area (Å²) < 4.78 is 0.